The Morgan fingerprint density at radius 1 is 1.45 bits per heavy atom. The fourth-order valence-electron chi connectivity index (χ4n) is 3.79. The summed E-state index contributed by atoms with van der Waals surface area (Å²) in [7, 11) is 0. The molecule has 1 heterocycles. The smallest absolute Gasteiger partial charge is 0.134 e. The largest absolute Gasteiger partial charge is 0.464 e. The lowest BCUT2D eigenvalue weighted by Gasteiger charge is -2.42. The molecule has 0 radical (unpaired) electrons. The first-order valence-electron chi connectivity index (χ1n) is 7.50. The van der Waals surface area contributed by atoms with Crippen molar-refractivity contribution in [3.8, 4) is 0 Å². The van der Waals surface area contributed by atoms with Gasteiger partial charge in [-0.15, -0.1) is 0 Å². The Kier molecular flexibility index (Phi) is 3.57. The monoisotopic (exact) mass is 273 g/mol. The number of benzene rings is 1. The third kappa shape index (κ3) is 2.15. The number of para-hydroxylation sites is 1. The van der Waals surface area contributed by atoms with Crippen LogP contribution in [0.25, 0.3) is 11.0 Å². The molecule has 1 aromatic heterocycles. The number of furan rings is 1. The number of fused-ring (bicyclic) bond motifs is 1. The van der Waals surface area contributed by atoms with Gasteiger partial charge >= 0.3 is 0 Å². The molecule has 0 bridgehead atoms. The van der Waals surface area contributed by atoms with Crippen LogP contribution in [-0.4, -0.2) is 11.7 Å². The molecule has 1 fully saturated rings. The van der Waals surface area contributed by atoms with Crippen LogP contribution in [-0.2, 0) is 0 Å². The van der Waals surface area contributed by atoms with Gasteiger partial charge in [-0.05, 0) is 24.8 Å². The molecule has 3 rings (SSSR count). The van der Waals surface area contributed by atoms with E-state index in [4.69, 9.17) is 10.2 Å². The SMILES string of the molecule is CC1CCCC(CN)(C(O)c2coc3ccccc23)C1. The summed E-state index contributed by atoms with van der Waals surface area (Å²) in [6.45, 7) is 2.78. The molecule has 0 aliphatic heterocycles. The van der Waals surface area contributed by atoms with E-state index in [0.29, 0.717) is 12.5 Å². The molecule has 3 unspecified atom stereocenters. The second kappa shape index (κ2) is 5.23. The first-order chi connectivity index (χ1) is 9.66. The molecule has 3 atom stereocenters. The average molecular weight is 273 g/mol. The lowest BCUT2D eigenvalue weighted by atomic mass is 9.65. The van der Waals surface area contributed by atoms with Crippen LogP contribution in [0.15, 0.2) is 34.9 Å². The highest BCUT2D eigenvalue weighted by Gasteiger charge is 2.41. The van der Waals surface area contributed by atoms with E-state index in [2.05, 4.69) is 6.92 Å². The summed E-state index contributed by atoms with van der Waals surface area (Å²) in [4.78, 5) is 0. The van der Waals surface area contributed by atoms with Crippen molar-refractivity contribution in [3.63, 3.8) is 0 Å². The zero-order valence-corrected chi connectivity index (χ0v) is 12.0. The van der Waals surface area contributed by atoms with E-state index in [-0.39, 0.29) is 5.41 Å². The van der Waals surface area contributed by atoms with Crippen molar-refractivity contribution < 1.29 is 9.52 Å². The van der Waals surface area contributed by atoms with Gasteiger partial charge in [0, 0.05) is 22.9 Å². The molecular formula is C17H23NO2. The number of aliphatic hydroxyl groups excluding tert-OH is 1. The fraction of sp³-hybridized carbons (Fsp3) is 0.529. The topological polar surface area (TPSA) is 59.4 Å². The summed E-state index contributed by atoms with van der Waals surface area (Å²) in [6, 6.07) is 7.87. The summed E-state index contributed by atoms with van der Waals surface area (Å²) in [5.74, 6) is 0.625. The quantitative estimate of drug-likeness (QED) is 0.898. The Hall–Kier alpha value is -1.32. The van der Waals surface area contributed by atoms with Gasteiger partial charge in [0.05, 0.1) is 12.4 Å². The van der Waals surface area contributed by atoms with Crippen molar-refractivity contribution in [3.05, 3.63) is 36.1 Å². The van der Waals surface area contributed by atoms with E-state index in [9.17, 15) is 5.11 Å². The molecule has 0 saturated heterocycles. The highest BCUT2D eigenvalue weighted by Crippen LogP contribution is 2.48. The molecular weight excluding hydrogens is 250 g/mol. The van der Waals surface area contributed by atoms with Crippen LogP contribution >= 0.6 is 0 Å². The van der Waals surface area contributed by atoms with Gasteiger partial charge < -0.3 is 15.3 Å². The molecule has 1 saturated carbocycles. The maximum atomic E-state index is 11.0. The van der Waals surface area contributed by atoms with Gasteiger partial charge in [0.1, 0.15) is 5.58 Å². The molecule has 1 aromatic carbocycles. The lowest BCUT2D eigenvalue weighted by Crippen LogP contribution is -2.40. The minimum absolute atomic E-state index is 0.204. The second-order valence-corrected chi connectivity index (χ2v) is 6.36. The van der Waals surface area contributed by atoms with Crippen LogP contribution in [0.5, 0.6) is 0 Å². The number of hydrogen-bond donors (Lipinski definition) is 2. The van der Waals surface area contributed by atoms with E-state index >= 15 is 0 Å². The first-order valence-corrected chi connectivity index (χ1v) is 7.50. The predicted molar refractivity (Wildman–Crippen MR) is 80.3 cm³/mol. The van der Waals surface area contributed by atoms with Crippen molar-refractivity contribution in [2.24, 2.45) is 17.1 Å². The molecule has 108 valence electrons. The number of nitrogens with two attached hydrogens (primary N) is 1. The molecule has 2 aromatic rings. The van der Waals surface area contributed by atoms with Crippen molar-refractivity contribution in [1.29, 1.82) is 0 Å². The predicted octanol–water partition coefficient (Wildman–Crippen LogP) is 3.62. The van der Waals surface area contributed by atoms with Gasteiger partial charge in [0.2, 0.25) is 0 Å². The van der Waals surface area contributed by atoms with Gasteiger partial charge in [0.15, 0.2) is 0 Å². The molecule has 0 amide bonds. The molecule has 0 spiro atoms. The van der Waals surface area contributed by atoms with E-state index in [1.165, 1.54) is 6.42 Å². The van der Waals surface area contributed by atoms with Crippen LogP contribution in [0.3, 0.4) is 0 Å². The van der Waals surface area contributed by atoms with E-state index in [1.54, 1.807) is 6.26 Å². The highest BCUT2D eigenvalue weighted by molar-refractivity contribution is 5.81. The molecule has 1 aliphatic carbocycles. The van der Waals surface area contributed by atoms with Crippen molar-refractivity contribution in [2.45, 2.75) is 38.7 Å². The zero-order chi connectivity index (χ0) is 14.2. The lowest BCUT2D eigenvalue weighted by molar-refractivity contribution is -0.0126. The summed E-state index contributed by atoms with van der Waals surface area (Å²) >= 11 is 0. The van der Waals surface area contributed by atoms with Gasteiger partial charge in [-0.25, -0.2) is 0 Å². The van der Waals surface area contributed by atoms with Crippen molar-refractivity contribution in [1.82, 2.24) is 0 Å². The van der Waals surface area contributed by atoms with Crippen LogP contribution in [0.1, 0.15) is 44.3 Å². The maximum Gasteiger partial charge on any atom is 0.134 e. The Morgan fingerprint density at radius 2 is 2.25 bits per heavy atom. The Bertz CT molecular complexity index is 591. The van der Waals surface area contributed by atoms with Crippen molar-refractivity contribution in [2.75, 3.05) is 6.54 Å². The zero-order valence-electron chi connectivity index (χ0n) is 12.0. The normalized spacial score (nSPS) is 28.6. The minimum atomic E-state index is -0.543. The maximum absolute atomic E-state index is 11.0. The minimum Gasteiger partial charge on any atom is -0.464 e. The Labute approximate surface area is 119 Å². The van der Waals surface area contributed by atoms with Crippen LogP contribution in [0.2, 0.25) is 0 Å². The van der Waals surface area contributed by atoms with Gasteiger partial charge in [-0.3, -0.25) is 0 Å². The Morgan fingerprint density at radius 3 is 3.00 bits per heavy atom. The summed E-state index contributed by atoms with van der Waals surface area (Å²) in [6.07, 6.45) is 5.52. The van der Waals surface area contributed by atoms with Gasteiger partial charge in [-0.2, -0.15) is 0 Å². The third-order valence-electron chi connectivity index (χ3n) is 4.92. The van der Waals surface area contributed by atoms with E-state index in [0.717, 1.165) is 35.8 Å². The fourth-order valence-corrected chi connectivity index (χ4v) is 3.79. The molecule has 3 heteroatoms. The average Bonchev–Trinajstić information content (AvgIpc) is 2.90. The van der Waals surface area contributed by atoms with Gasteiger partial charge in [0.25, 0.3) is 0 Å². The highest BCUT2D eigenvalue weighted by atomic mass is 16.3. The summed E-state index contributed by atoms with van der Waals surface area (Å²) in [5.41, 5.74) is 7.58. The van der Waals surface area contributed by atoms with Crippen molar-refractivity contribution >= 4 is 11.0 Å². The molecule has 1 aliphatic rings. The van der Waals surface area contributed by atoms with E-state index < -0.39 is 6.10 Å². The molecule has 3 N–H and O–H groups in total. The molecule has 3 nitrogen and oxygen atoms in total. The third-order valence-corrected chi connectivity index (χ3v) is 4.92. The Balaban J connectivity index is 1.99. The number of hydrogen-bond acceptors (Lipinski definition) is 3. The van der Waals surface area contributed by atoms with Gasteiger partial charge in [-0.1, -0.05) is 38.0 Å². The number of rotatable bonds is 3. The molecule has 20 heavy (non-hydrogen) atoms. The first kappa shape index (κ1) is 13.7. The second-order valence-electron chi connectivity index (χ2n) is 6.36. The van der Waals surface area contributed by atoms with E-state index in [1.807, 2.05) is 24.3 Å². The van der Waals surface area contributed by atoms with Crippen LogP contribution in [0, 0.1) is 11.3 Å². The van der Waals surface area contributed by atoms with Crippen LogP contribution in [0.4, 0.5) is 0 Å². The summed E-state index contributed by atoms with van der Waals surface area (Å²) in [5, 5.41) is 12.0. The van der Waals surface area contributed by atoms with Crippen LogP contribution < -0.4 is 5.73 Å². The number of aliphatic hydroxyl groups is 1. The standard InChI is InChI=1S/C17H23NO2/c1-12-5-4-8-17(9-12,11-18)16(19)14-10-20-15-7-3-2-6-13(14)15/h2-3,6-7,10,12,16,19H,4-5,8-9,11,18H2,1H3. The summed E-state index contributed by atoms with van der Waals surface area (Å²) < 4.78 is 5.58.